The van der Waals surface area contributed by atoms with Gasteiger partial charge in [-0.25, -0.2) is 0 Å². The standard InChI is InChI=1S/C20H16Cl3N5O2S/c21-20(22,23)18(25-17(29)16-7-4-12-30-16)26-19(31)24-13-8-10-15(11-9-13)28-27-14-5-2-1-3-6-14/h1-12,18H,(H,25,29)(H2,24,26,31)/t18-/m1/s1. The number of azo groups is 1. The molecule has 0 aliphatic rings. The van der Waals surface area contributed by atoms with Crippen molar-refractivity contribution in [3.05, 3.63) is 78.8 Å². The Labute approximate surface area is 198 Å². The molecule has 7 nitrogen and oxygen atoms in total. The number of carbonyl (C=O) groups is 1. The zero-order valence-electron chi connectivity index (χ0n) is 15.8. The topological polar surface area (TPSA) is 91.0 Å². The minimum atomic E-state index is -1.88. The molecule has 0 fully saturated rings. The summed E-state index contributed by atoms with van der Waals surface area (Å²) >= 11 is 23.2. The molecule has 0 bridgehead atoms. The Balaban J connectivity index is 1.59. The Hall–Kier alpha value is -2.65. The van der Waals surface area contributed by atoms with E-state index in [0.717, 1.165) is 5.69 Å². The van der Waals surface area contributed by atoms with Crippen molar-refractivity contribution in [3.63, 3.8) is 0 Å². The molecule has 3 aromatic rings. The number of hydrogen-bond acceptors (Lipinski definition) is 5. The molecule has 0 spiro atoms. The predicted molar refractivity (Wildman–Crippen MR) is 127 cm³/mol. The number of nitrogens with zero attached hydrogens (tertiary/aromatic N) is 2. The summed E-state index contributed by atoms with van der Waals surface area (Å²) in [5.41, 5.74) is 2.08. The van der Waals surface area contributed by atoms with Gasteiger partial charge in [-0.2, -0.15) is 10.2 Å². The van der Waals surface area contributed by atoms with Gasteiger partial charge >= 0.3 is 0 Å². The first-order valence-corrected chi connectivity index (χ1v) is 10.4. The smallest absolute Gasteiger partial charge is 0.288 e. The number of hydrogen-bond donors (Lipinski definition) is 3. The van der Waals surface area contributed by atoms with E-state index < -0.39 is 15.9 Å². The number of alkyl halides is 3. The van der Waals surface area contributed by atoms with E-state index in [9.17, 15) is 4.79 Å². The SMILES string of the molecule is O=C(N[C@H](NC(=S)Nc1ccc(N=Nc2ccccc2)cc1)C(Cl)(Cl)Cl)c1ccco1. The van der Waals surface area contributed by atoms with E-state index in [-0.39, 0.29) is 10.9 Å². The monoisotopic (exact) mass is 495 g/mol. The van der Waals surface area contributed by atoms with Crippen LogP contribution in [0.4, 0.5) is 17.1 Å². The molecule has 0 unspecified atom stereocenters. The van der Waals surface area contributed by atoms with Gasteiger partial charge in [-0.15, -0.1) is 0 Å². The highest BCUT2D eigenvalue weighted by Gasteiger charge is 2.35. The second-order valence-corrected chi connectivity index (χ2v) is 8.88. The van der Waals surface area contributed by atoms with E-state index in [1.807, 2.05) is 30.3 Å². The summed E-state index contributed by atoms with van der Waals surface area (Å²) < 4.78 is 3.16. The highest BCUT2D eigenvalue weighted by atomic mass is 35.6. The fraction of sp³-hybridized carbons (Fsp3) is 0.100. The zero-order valence-corrected chi connectivity index (χ0v) is 18.8. The minimum absolute atomic E-state index is 0.0696. The number of benzene rings is 2. The number of rotatable bonds is 6. The molecule has 1 aromatic heterocycles. The maximum Gasteiger partial charge on any atom is 0.288 e. The molecule has 1 amide bonds. The number of anilines is 1. The average molecular weight is 497 g/mol. The van der Waals surface area contributed by atoms with Crippen molar-refractivity contribution in [3.8, 4) is 0 Å². The van der Waals surface area contributed by atoms with E-state index in [0.29, 0.717) is 11.4 Å². The highest BCUT2D eigenvalue weighted by Crippen LogP contribution is 2.29. The van der Waals surface area contributed by atoms with Crippen molar-refractivity contribution >= 4 is 75.1 Å². The van der Waals surface area contributed by atoms with Gasteiger partial charge in [0, 0.05) is 5.69 Å². The maximum atomic E-state index is 12.2. The van der Waals surface area contributed by atoms with E-state index in [1.165, 1.54) is 12.3 Å². The van der Waals surface area contributed by atoms with Gasteiger partial charge in [-0.05, 0) is 60.7 Å². The Bertz CT molecular complexity index is 1040. The Morgan fingerprint density at radius 2 is 1.55 bits per heavy atom. The molecule has 0 aliphatic carbocycles. The molecule has 0 saturated carbocycles. The van der Waals surface area contributed by atoms with Crippen LogP contribution < -0.4 is 16.0 Å². The fourth-order valence-corrected chi connectivity index (χ4v) is 2.89. The number of thiocarbonyl (C=S) groups is 1. The first-order chi connectivity index (χ1) is 14.8. The third-order valence-corrected chi connectivity index (χ3v) is 4.66. The molecule has 3 N–H and O–H groups in total. The summed E-state index contributed by atoms with van der Waals surface area (Å²) in [6.07, 6.45) is 0.246. The first kappa shape index (κ1) is 23.0. The molecule has 0 saturated heterocycles. The molecule has 1 atom stereocenters. The van der Waals surface area contributed by atoms with Crippen molar-refractivity contribution in [2.75, 3.05) is 5.32 Å². The van der Waals surface area contributed by atoms with E-state index >= 15 is 0 Å². The summed E-state index contributed by atoms with van der Waals surface area (Å²) in [7, 11) is 0. The normalized spacial score (nSPS) is 12.4. The van der Waals surface area contributed by atoms with Gasteiger partial charge in [-0.3, -0.25) is 4.79 Å². The van der Waals surface area contributed by atoms with Crippen molar-refractivity contribution in [2.45, 2.75) is 9.96 Å². The fourth-order valence-electron chi connectivity index (χ4n) is 2.33. The minimum Gasteiger partial charge on any atom is -0.459 e. The zero-order chi connectivity index (χ0) is 22.3. The van der Waals surface area contributed by atoms with Crippen LogP contribution in [0.15, 0.2) is 87.6 Å². The summed E-state index contributed by atoms with van der Waals surface area (Å²) in [6, 6.07) is 19.5. The molecule has 160 valence electrons. The number of halogens is 3. The molecule has 3 rings (SSSR count). The first-order valence-electron chi connectivity index (χ1n) is 8.87. The molecule has 0 radical (unpaired) electrons. The lowest BCUT2D eigenvalue weighted by molar-refractivity contribution is 0.0906. The molecule has 11 heteroatoms. The Morgan fingerprint density at radius 1 is 0.903 bits per heavy atom. The number of carbonyl (C=O) groups excluding carboxylic acids is 1. The van der Waals surface area contributed by atoms with Crippen LogP contribution in [0.1, 0.15) is 10.6 Å². The molecular formula is C20H16Cl3N5O2S. The summed E-state index contributed by atoms with van der Waals surface area (Å²) in [5, 5.41) is 16.7. The van der Waals surface area contributed by atoms with Gasteiger partial charge in [-0.1, -0.05) is 53.0 Å². The van der Waals surface area contributed by atoms with E-state index in [1.54, 1.807) is 30.3 Å². The quantitative estimate of drug-likeness (QED) is 0.166. The molecule has 1 heterocycles. The number of amides is 1. The second-order valence-electron chi connectivity index (χ2n) is 6.11. The van der Waals surface area contributed by atoms with Crippen LogP contribution in [0, 0.1) is 0 Å². The van der Waals surface area contributed by atoms with Gasteiger partial charge in [0.05, 0.1) is 17.6 Å². The summed E-state index contributed by atoms with van der Waals surface area (Å²) in [6.45, 7) is 0. The van der Waals surface area contributed by atoms with Crippen LogP contribution in [0.25, 0.3) is 0 Å². The molecule has 31 heavy (non-hydrogen) atoms. The van der Waals surface area contributed by atoms with Crippen LogP contribution in [-0.4, -0.2) is 21.0 Å². The largest absolute Gasteiger partial charge is 0.459 e. The van der Waals surface area contributed by atoms with Crippen LogP contribution in [0.5, 0.6) is 0 Å². The van der Waals surface area contributed by atoms with Crippen LogP contribution >= 0.6 is 47.0 Å². The molecular weight excluding hydrogens is 481 g/mol. The summed E-state index contributed by atoms with van der Waals surface area (Å²) in [5.74, 6) is -0.495. The second kappa shape index (κ2) is 10.6. The van der Waals surface area contributed by atoms with Crippen molar-refractivity contribution in [1.82, 2.24) is 10.6 Å². The van der Waals surface area contributed by atoms with E-state index in [2.05, 4.69) is 26.2 Å². The lowest BCUT2D eigenvalue weighted by Gasteiger charge is -2.27. The van der Waals surface area contributed by atoms with Crippen molar-refractivity contribution < 1.29 is 9.21 Å². The third-order valence-electron chi connectivity index (χ3n) is 3.79. The predicted octanol–water partition coefficient (Wildman–Crippen LogP) is 6.11. The van der Waals surface area contributed by atoms with Crippen molar-refractivity contribution in [1.29, 1.82) is 0 Å². The summed E-state index contributed by atoms with van der Waals surface area (Å²) in [4.78, 5) is 12.2. The van der Waals surface area contributed by atoms with Crippen molar-refractivity contribution in [2.24, 2.45) is 10.2 Å². The van der Waals surface area contributed by atoms with Crippen LogP contribution in [-0.2, 0) is 0 Å². The van der Waals surface area contributed by atoms with Gasteiger partial charge in [0.15, 0.2) is 10.9 Å². The van der Waals surface area contributed by atoms with Gasteiger partial charge in [0.2, 0.25) is 3.79 Å². The van der Waals surface area contributed by atoms with Crippen LogP contribution in [0.2, 0.25) is 0 Å². The lowest BCUT2D eigenvalue weighted by atomic mass is 10.3. The van der Waals surface area contributed by atoms with E-state index in [4.69, 9.17) is 51.4 Å². The lowest BCUT2D eigenvalue weighted by Crippen LogP contribution is -2.56. The Kier molecular flexibility index (Phi) is 7.86. The van der Waals surface area contributed by atoms with Gasteiger partial charge in [0.1, 0.15) is 6.17 Å². The average Bonchev–Trinajstić information content (AvgIpc) is 3.28. The maximum absolute atomic E-state index is 12.2. The third kappa shape index (κ3) is 7.22. The highest BCUT2D eigenvalue weighted by molar-refractivity contribution is 7.80. The van der Waals surface area contributed by atoms with Gasteiger partial charge in [0.25, 0.3) is 5.91 Å². The molecule has 2 aromatic carbocycles. The number of furan rings is 1. The Morgan fingerprint density at radius 3 is 2.13 bits per heavy atom. The van der Waals surface area contributed by atoms with Crippen LogP contribution in [0.3, 0.4) is 0 Å². The number of nitrogens with one attached hydrogen (secondary N) is 3. The van der Waals surface area contributed by atoms with Gasteiger partial charge < -0.3 is 20.4 Å². The molecule has 0 aliphatic heterocycles.